The third-order valence-electron chi connectivity index (χ3n) is 4.22. The van der Waals surface area contributed by atoms with E-state index in [0.29, 0.717) is 12.4 Å². The van der Waals surface area contributed by atoms with Gasteiger partial charge in [-0.15, -0.1) is 0 Å². The molecule has 0 radical (unpaired) electrons. The summed E-state index contributed by atoms with van der Waals surface area (Å²) in [6.45, 7) is 4.21. The maximum Gasteiger partial charge on any atom is 0.326 e. The summed E-state index contributed by atoms with van der Waals surface area (Å²) < 4.78 is 5.71. The molecule has 6 nitrogen and oxygen atoms in total. The van der Waals surface area contributed by atoms with Gasteiger partial charge in [0.1, 0.15) is 24.5 Å². The van der Waals surface area contributed by atoms with Gasteiger partial charge in [-0.1, -0.05) is 56.3 Å². The van der Waals surface area contributed by atoms with Crippen LogP contribution >= 0.6 is 0 Å². The molecule has 3 N–H and O–H groups in total. The third kappa shape index (κ3) is 7.04. The van der Waals surface area contributed by atoms with E-state index in [1.165, 1.54) is 0 Å². The molecule has 2 aromatic carbocycles. The summed E-state index contributed by atoms with van der Waals surface area (Å²) in [6.07, 6.45) is -0.810. The Kier molecular flexibility index (Phi) is 8.02. The Morgan fingerprint density at radius 3 is 2.21 bits per heavy atom. The first kappa shape index (κ1) is 21.4. The van der Waals surface area contributed by atoms with Crippen LogP contribution in [0.2, 0.25) is 0 Å². The molecular formula is C22H27NO5. The van der Waals surface area contributed by atoms with Crippen molar-refractivity contribution in [3.05, 3.63) is 65.7 Å². The van der Waals surface area contributed by atoms with Crippen LogP contribution in [0.25, 0.3) is 0 Å². The van der Waals surface area contributed by atoms with E-state index >= 15 is 0 Å². The first-order chi connectivity index (χ1) is 13.3. The van der Waals surface area contributed by atoms with Crippen molar-refractivity contribution < 1.29 is 24.5 Å². The number of hydrogen-bond acceptors (Lipinski definition) is 4. The lowest BCUT2D eigenvalue weighted by atomic mass is 10.0. The van der Waals surface area contributed by atoms with Gasteiger partial charge in [0.05, 0.1) is 0 Å². The average Bonchev–Trinajstić information content (AvgIpc) is 2.67. The summed E-state index contributed by atoms with van der Waals surface area (Å²) in [5, 5.41) is 21.7. The normalized spacial score (nSPS) is 13.0. The molecule has 0 aromatic heterocycles. The van der Waals surface area contributed by atoms with Gasteiger partial charge in [-0.25, -0.2) is 4.79 Å². The van der Waals surface area contributed by atoms with Gasteiger partial charge in [0.25, 0.3) is 0 Å². The number of ether oxygens (including phenoxy) is 1. The first-order valence-corrected chi connectivity index (χ1v) is 9.32. The minimum atomic E-state index is -1.21. The number of carbonyl (C=O) groups is 2. The number of carboxylic acid groups (broad SMARTS) is 1. The molecule has 150 valence electrons. The molecule has 0 fully saturated rings. The lowest BCUT2D eigenvalue weighted by Gasteiger charge is -2.18. The van der Waals surface area contributed by atoms with E-state index in [9.17, 15) is 19.8 Å². The van der Waals surface area contributed by atoms with Crippen molar-refractivity contribution in [3.63, 3.8) is 0 Å². The number of nitrogens with one attached hydrogen (secondary N) is 1. The molecular weight excluding hydrogens is 358 g/mol. The number of aliphatic hydroxyl groups is 1. The predicted molar refractivity (Wildman–Crippen MR) is 106 cm³/mol. The number of aliphatic hydroxyl groups excluding tert-OH is 1. The van der Waals surface area contributed by atoms with Gasteiger partial charge in [0.15, 0.2) is 0 Å². The molecule has 1 amide bonds. The van der Waals surface area contributed by atoms with Gasteiger partial charge in [-0.05, 0) is 35.6 Å². The Bertz CT molecular complexity index is 758. The summed E-state index contributed by atoms with van der Waals surface area (Å²) in [7, 11) is 0. The molecule has 0 saturated carbocycles. The highest BCUT2D eigenvalue weighted by Crippen LogP contribution is 2.16. The van der Waals surface area contributed by atoms with Crippen molar-refractivity contribution in [3.8, 4) is 5.75 Å². The van der Waals surface area contributed by atoms with Gasteiger partial charge in [0, 0.05) is 6.42 Å². The summed E-state index contributed by atoms with van der Waals surface area (Å²) in [4.78, 5) is 23.5. The van der Waals surface area contributed by atoms with Crippen molar-refractivity contribution in [1.29, 1.82) is 0 Å². The quantitative estimate of drug-likeness (QED) is 0.584. The van der Waals surface area contributed by atoms with Crippen LogP contribution in [0.15, 0.2) is 54.6 Å². The molecule has 2 rings (SSSR count). The van der Waals surface area contributed by atoms with Crippen LogP contribution in [-0.4, -0.2) is 34.2 Å². The molecule has 0 heterocycles. The van der Waals surface area contributed by atoms with Gasteiger partial charge in [-0.2, -0.15) is 0 Å². The van der Waals surface area contributed by atoms with Crippen LogP contribution in [0.1, 0.15) is 31.4 Å². The molecule has 0 saturated heterocycles. The van der Waals surface area contributed by atoms with Crippen LogP contribution in [0.3, 0.4) is 0 Å². The van der Waals surface area contributed by atoms with Crippen LogP contribution < -0.4 is 10.1 Å². The van der Waals surface area contributed by atoms with E-state index in [-0.39, 0.29) is 18.8 Å². The second kappa shape index (κ2) is 10.5. The summed E-state index contributed by atoms with van der Waals surface area (Å²) in [6, 6.07) is 15.8. The zero-order valence-electron chi connectivity index (χ0n) is 16.2. The topological polar surface area (TPSA) is 95.9 Å². The largest absolute Gasteiger partial charge is 0.489 e. The lowest BCUT2D eigenvalue weighted by molar-refractivity contribution is -0.143. The van der Waals surface area contributed by atoms with Crippen molar-refractivity contribution in [2.75, 3.05) is 0 Å². The maximum atomic E-state index is 12.0. The number of hydrogen-bond donors (Lipinski definition) is 3. The van der Waals surface area contributed by atoms with Gasteiger partial charge in [-0.3, -0.25) is 4.79 Å². The Balaban J connectivity index is 1.92. The molecule has 0 bridgehead atoms. The molecule has 2 aromatic rings. The van der Waals surface area contributed by atoms with E-state index in [0.717, 1.165) is 11.1 Å². The Hall–Kier alpha value is -2.86. The van der Waals surface area contributed by atoms with E-state index in [1.54, 1.807) is 24.3 Å². The Morgan fingerprint density at radius 2 is 1.64 bits per heavy atom. The molecule has 0 spiro atoms. The standard InChI is InChI=1S/C22H27NO5/c1-15(2)12-20(24)21(25)23-19(22(26)27)13-16-8-10-18(11-9-16)28-14-17-6-4-3-5-7-17/h3-11,15,19-20,24H,12-14H2,1-2H3,(H,23,25)(H,26,27)/t19-,20-/m1/s1. The van der Waals surface area contributed by atoms with E-state index in [2.05, 4.69) is 5.32 Å². The molecule has 0 unspecified atom stereocenters. The van der Waals surface area contributed by atoms with Gasteiger partial charge >= 0.3 is 5.97 Å². The SMILES string of the molecule is CC(C)C[C@@H](O)C(=O)N[C@H](Cc1ccc(OCc2ccccc2)cc1)C(=O)O. The number of amides is 1. The second-order valence-electron chi connectivity index (χ2n) is 7.17. The molecule has 2 atom stereocenters. The molecule has 0 aliphatic carbocycles. The summed E-state index contributed by atoms with van der Waals surface area (Å²) >= 11 is 0. The first-order valence-electron chi connectivity index (χ1n) is 9.32. The number of carbonyl (C=O) groups excluding carboxylic acids is 1. The predicted octanol–water partition coefficient (Wildman–Crippen LogP) is 2.78. The van der Waals surface area contributed by atoms with Gasteiger partial charge in [0.2, 0.25) is 5.91 Å². The highest BCUT2D eigenvalue weighted by atomic mass is 16.5. The van der Waals surface area contributed by atoms with Crippen LogP contribution in [-0.2, 0) is 22.6 Å². The van der Waals surface area contributed by atoms with Crippen LogP contribution in [0.5, 0.6) is 5.75 Å². The van der Waals surface area contributed by atoms with E-state index in [1.807, 2.05) is 44.2 Å². The summed E-state index contributed by atoms with van der Waals surface area (Å²) in [5.74, 6) is -0.998. The fourth-order valence-corrected chi connectivity index (χ4v) is 2.72. The fraction of sp³-hybridized carbons (Fsp3) is 0.364. The number of rotatable bonds is 10. The molecule has 0 aliphatic rings. The average molecular weight is 385 g/mol. The minimum absolute atomic E-state index is 0.119. The highest BCUT2D eigenvalue weighted by Gasteiger charge is 2.24. The Morgan fingerprint density at radius 1 is 1.00 bits per heavy atom. The number of carboxylic acids is 1. The fourth-order valence-electron chi connectivity index (χ4n) is 2.72. The zero-order valence-corrected chi connectivity index (χ0v) is 16.2. The van der Waals surface area contributed by atoms with Gasteiger partial charge < -0.3 is 20.3 Å². The highest BCUT2D eigenvalue weighted by molar-refractivity contribution is 5.86. The number of aliphatic carboxylic acids is 1. The molecule has 6 heteroatoms. The van der Waals surface area contributed by atoms with Crippen molar-refractivity contribution in [2.24, 2.45) is 5.92 Å². The monoisotopic (exact) mass is 385 g/mol. The molecule has 28 heavy (non-hydrogen) atoms. The lowest BCUT2D eigenvalue weighted by Crippen LogP contribution is -2.46. The van der Waals surface area contributed by atoms with E-state index in [4.69, 9.17) is 4.74 Å². The third-order valence-corrected chi connectivity index (χ3v) is 4.22. The Labute approximate surface area is 165 Å². The number of benzene rings is 2. The summed E-state index contributed by atoms with van der Waals surface area (Å²) in [5.41, 5.74) is 1.80. The maximum absolute atomic E-state index is 12.0. The second-order valence-corrected chi connectivity index (χ2v) is 7.17. The van der Waals surface area contributed by atoms with Crippen molar-refractivity contribution in [1.82, 2.24) is 5.32 Å². The van der Waals surface area contributed by atoms with E-state index < -0.39 is 24.0 Å². The van der Waals surface area contributed by atoms with Crippen molar-refractivity contribution >= 4 is 11.9 Å². The van der Waals surface area contributed by atoms with Crippen LogP contribution in [0, 0.1) is 5.92 Å². The van der Waals surface area contributed by atoms with Crippen molar-refractivity contribution in [2.45, 2.75) is 45.4 Å². The zero-order chi connectivity index (χ0) is 20.5. The van der Waals surface area contributed by atoms with Crippen LogP contribution in [0.4, 0.5) is 0 Å². The minimum Gasteiger partial charge on any atom is -0.489 e. The smallest absolute Gasteiger partial charge is 0.326 e. The molecule has 0 aliphatic heterocycles.